The van der Waals surface area contributed by atoms with Gasteiger partial charge in [-0.2, -0.15) is 0 Å². The second kappa shape index (κ2) is 4.49. The zero-order valence-electron chi connectivity index (χ0n) is 10.1. The third-order valence-electron chi connectivity index (χ3n) is 2.99. The van der Waals surface area contributed by atoms with Gasteiger partial charge < -0.3 is 15.4 Å². The summed E-state index contributed by atoms with van der Waals surface area (Å²) >= 11 is 0. The maximum absolute atomic E-state index is 12.0. The standard InChI is InChI=1S/C11H22N2O2/c1-11(2,3)9(12)10(14)13-6-5-8(7-13)15-4/h8-9H,5-7,12H2,1-4H3/t8-,9-/m1/s1. The minimum atomic E-state index is -0.423. The first kappa shape index (κ1) is 12.5. The number of rotatable bonds is 2. The minimum absolute atomic E-state index is 0.0436. The summed E-state index contributed by atoms with van der Waals surface area (Å²) in [5.41, 5.74) is 5.75. The lowest BCUT2D eigenvalue weighted by molar-refractivity contribution is -0.134. The highest BCUT2D eigenvalue weighted by Gasteiger charge is 2.34. The quantitative estimate of drug-likeness (QED) is 0.732. The molecule has 0 aliphatic carbocycles. The predicted molar refractivity (Wildman–Crippen MR) is 59.4 cm³/mol. The molecule has 1 saturated heterocycles. The fraction of sp³-hybridized carbons (Fsp3) is 0.909. The maximum atomic E-state index is 12.0. The Bertz CT molecular complexity index is 235. The average molecular weight is 214 g/mol. The van der Waals surface area contributed by atoms with Gasteiger partial charge in [-0.25, -0.2) is 0 Å². The Morgan fingerprint density at radius 2 is 2.13 bits per heavy atom. The summed E-state index contributed by atoms with van der Waals surface area (Å²) in [5.74, 6) is 0.0436. The van der Waals surface area contributed by atoms with E-state index in [0.29, 0.717) is 6.54 Å². The van der Waals surface area contributed by atoms with Gasteiger partial charge >= 0.3 is 0 Å². The van der Waals surface area contributed by atoms with Crippen molar-refractivity contribution in [1.82, 2.24) is 4.90 Å². The number of likely N-dealkylation sites (tertiary alicyclic amines) is 1. The largest absolute Gasteiger partial charge is 0.380 e. The molecule has 2 atom stereocenters. The fourth-order valence-electron chi connectivity index (χ4n) is 1.69. The SMILES string of the molecule is CO[C@@H]1CCN(C(=O)[C@@H](N)C(C)(C)C)C1. The van der Waals surface area contributed by atoms with Gasteiger partial charge in [0.2, 0.25) is 5.91 Å². The van der Waals surface area contributed by atoms with Crippen LogP contribution in [0.4, 0.5) is 0 Å². The molecule has 0 unspecified atom stereocenters. The van der Waals surface area contributed by atoms with Crippen LogP contribution in [0.15, 0.2) is 0 Å². The monoisotopic (exact) mass is 214 g/mol. The third-order valence-corrected chi connectivity index (χ3v) is 2.99. The molecule has 2 N–H and O–H groups in total. The van der Waals surface area contributed by atoms with E-state index in [1.54, 1.807) is 7.11 Å². The van der Waals surface area contributed by atoms with E-state index in [2.05, 4.69) is 0 Å². The van der Waals surface area contributed by atoms with Crippen molar-refractivity contribution in [2.75, 3.05) is 20.2 Å². The maximum Gasteiger partial charge on any atom is 0.240 e. The lowest BCUT2D eigenvalue weighted by Crippen LogP contribution is -2.49. The van der Waals surface area contributed by atoms with Crippen LogP contribution in [0.3, 0.4) is 0 Å². The van der Waals surface area contributed by atoms with E-state index in [4.69, 9.17) is 10.5 Å². The van der Waals surface area contributed by atoms with E-state index >= 15 is 0 Å². The van der Waals surface area contributed by atoms with Crippen LogP contribution in [-0.4, -0.2) is 43.2 Å². The van der Waals surface area contributed by atoms with E-state index < -0.39 is 6.04 Å². The second-order valence-corrected chi connectivity index (χ2v) is 5.27. The summed E-state index contributed by atoms with van der Waals surface area (Å²) in [4.78, 5) is 13.8. The Morgan fingerprint density at radius 1 is 1.53 bits per heavy atom. The molecule has 1 aliphatic rings. The van der Waals surface area contributed by atoms with Gasteiger partial charge in [0.15, 0.2) is 0 Å². The lowest BCUT2D eigenvalue weighted by atomic mass is 9.86. The minimum Gasteiger partial charge on any atom is -0.380 e. The number of carbonyl (C=O) groups excluding carboxylic acids is 1. The van der Waals surface area contributed by atoms with Gasteiger partial charge in [-0.3, -0.25) is 4.79 Å². The Labute approximate surface area is 91.8 Å². The Hall–Kier alpha value is -0.610. The third kappa shape index (κ3) is 2.92. The molecular formula is C11H22N2O2. The molecule has 1 heterocycles. The van der Waals surface area contributed by atoms with Crippen molar-refractivity contribution in [3.05, 3.63) is 0 Å². The van der Waals surface area contributed by atoms with E-state index in [-0.39, 0.29) is 17.4 Å². The molecule has 0 bridgehead atoms. The van der Waals surface area contributed by atoms with Crippen LogP contribution in [0.2, 0.25) is 0 Å². The van der Waals surface area contributed by atoms with Gasteiger partial charge in [-0.15, -0.1) is 0 Å². The van der Waals surface area contributed by atoms with Crippen molar-refractivity contribution in [1.29, 1.82) is 0 Å². The number of ether oxygens (including phenoxy) is 1. The Kier molecular flexibility index (Phi) is 3.73. The van der Waals surface area contributed by atoms with Crippen LogP contribution >= 0.6 is 0 Å². The topological polar surface area (TPSA) is 55.6 Å². The summed E-state index contributed by atoms with van der Waals surface area (Å²) in [7, 11) is 1.68. The zero-order valence-corrected chi connectivity index (χ0v) is 10.1. The first-order chi connectivity index (χ1) is 6.86. The average Bonchev–Trinajstić information content (AvgIpc) is 2.62. The summed E-state index contributed by atoms with van der Waals surface area (Å²) < 4.78 is 5.22. The molecule has 0 radical (unpaired) electrons. The molecule has 1 amide bonds. The molecule has 15 heavy (non-hydrogen) atoms. The number of hydrogen-bond donors (Lipinski definition) is 1. The molecule has 0 aromatic carbocycles. The van der Waals surface area contributed by atoms with Crippen molar-refractivity contribution in [3.63, 3.8) is 0 Å². The normalized spacial score (nSPS) is 24.3. The summed E-state index contributed by atoms with van der Waals surface area (Å²) in [5, 5.41) is 0. The van der Waals surface area contributed by atoms with Crippen LogP contribution in [0.5, 0.6) is 0 Å². The van der Waals surface area contributed by atoms with Gasteiger partial charge in [0.05, 0.1) is 12.1 Å². The van der Waals surface area contributed by atoms with Crippen LogP contribution in [0.1, 0.15) is 27.2 Å². The highest BCUT2D eigenvalue weighted by molar-refractivity contribution is 5.82. The fourth-order valence-corrected chi connectivity index (χ4v) is 1.69. The highest BCUT2D eigenvalue weighted by atomic mass is 16.5. The molecule has 1 fully saturated rings. The number of amides is 1. The molecule has 4 nitrogen and oxygen atoms in total. The van der Waals surface area contributed by atoms with E-state index in [9.17, 15) is 4.79 Å². The number of nitrogens with zero attached hydrogens (tertiary/aromatic N) is 1. The van der Waals surface area contributed by atoms with Crippen LogP contribution < -0.4 is 5.73 Å². The van der Waals surface area contributed by atoms with Gasteiger partial charge in [0.25, 0.3) is 0 Å². The van der Waals surface area contributed by atoms with Crippen LogP contribution in [0.25, 0.3) is 0 Å². The van der Waals surface area contributed by atoms with E-state index in [1.807, 2.05) is 25.7 Å². The van der Waals surface area contributed by atoms with Gasteiger partial charge in [0.1, 0.15) is 0 Å². The molecule has 0 aromatic rings. The Morgan fingerprint density at radius 3 is 2.53 bits per heavy atom. The van der Waals surface area contributed by atoms with Crippen LogP contribution in [-0.2, 0) is 9.53 Å². The van der Waals surface area contributed by atoms with E-state index in [0.717, 1.165) is 13.0 Å². The highest BCUT2D eigenvalue weighted by Crippen LogP contribution is 2.21. The number of carbonyl (C=O) groups is 1. The van der Waals surface area contributed by atoms with Crippen molar-refractivity contribution in [2.24, 2.45) is 11.1 Å². The Balaban J connectivity index is 2.55. The van der Waals surface area contributed by atoms with Crippen molar-refractivity contribution >= 4 is 5.91 Å². The number of methoxy groups -OCH3 is 1. The first-order valence-electron chi connectivity index (χ1n) is 5.43. The van der Waals surface area contributed by atoms with E-state index in [1.165, 1.54) is 0 Å². The first-order valence-corrected chi connectivity index (χ1v) is 5.43. The zero-order chi connectivity index (χ0) is 11.6. The van der Waals surface area contributed by atoms with Crippen molar-refractivity contribution in [2.45, 2.75) is 39.3 Å². The number of nitrogens with two attached hydrogens (primary N) is 1. The molecular weight excluding hydrogens is 192 g/mol. The lowest BCUT2D eigenvalue weighted by Gasteiger charge is -2.29. The van der Waals surface area contributed by atoms with Crippen molar-refractivity contribution in [3.8, 4) is 0 Å². The smallest absolute Gasteiger partial charge is 0.240 e. The van der Waals surface area contributed by atoms with Gasteiger partial charge in [0, 0.05) is 20.2 Å². The molecule has 88 valence electrons. The number of hydrogen-bond acceptors (Lipinski definition) is 3. The summed E-state index contributed by atoms with van der Waals surface area (Å²) in [6, 6.07) is -0.423. The molecule has 0 aromatic heterocycles. The van der Waals surface area contributed by atoms with Crippen LogP contribution in [0, 0.1) is 5.41 Å². The van der Waals surface area contributed by atoms with Gasteiger partial charge in [-0.1, -0.05) is 20.8 Å². The second-order valence-electron chi connectivity index (χ2n) is 5.27. The summed E-state index contributed by atoms with van der Waals surface area (Å²) in [6.45, 7) is 7.40. The molecule has 1 aliphatic heterocycles. The molecule has 4 heteroatoms. The molecule has 0 saturated carbocycles. The molecule has 1 rings (SSSR count). The predicted octanol–water partition coefficient (Wildman–Crippen LogP) is 0.607. The van der Waals surface area contributed by atoms with Gasteiger partial charge in [-0.05, 0) is 11.8 Å². The summed E-state index contributed by atoms with van der Waals surface area (Å²) in [6.07, 6.45) is 1.10. The molecule has 0 spiro atoms. The van der Waals surface area contributed by atoms with Crippen molar-refractivity contribution < 1.29 is 9.53 Å².